The first-order valence-corrected chi connectivity index (χ1v) is 10.7. The van der Waals surface area contributed by atoms with E-state index in [1.807, 2.05) is 23.8 Å². The summed E-state index contributed by atoms with van der Waals surface area (Å²) in [7, 11) is 0. The minimum Gasteiger partial charge on any atom is -0.349 e. The Labute approximate surface area is 178 Å². The Kier molecular flexibility index (Phi) is 4.77. The van der Waals surface area contributed by atoms with Gasteiger partial charge in [0.2, 0.25) is 0 Å². The standard InChI is InChI=1S/C21H20N8S/c1-2-29-17-5-9-27(19-15(12-22)4-3-6-23-19)13-16(17)26-18(29)14-28-10-7-24-20(28)21-25-8-11-30-21/h3-4,6-8,10-11H,2,5,9,13-14H2,1H3. The van der Waals surface area contributed by atoms with Gasteiger partial charge in [-0.3, -0.25) is 0 Å². The largest absolute Gasteiger partial charge is 0.349 e. The van der Waals surface area contributed by atoms with Crippen molar-refractivity contribution in [2.24, 2.45) is 0 Å². The quantitative estimate of drug-likeness (QED) is 0.497. The molecular weight excluding hydrogens is 396 g/mol. The summed E-state index contributed by atoms with van der Waals surface area (Å²) in [4.78, 5) is 20.5. The van der Waals surface area contributed by atoms with Crippen molar-refractivity contribution in [2.75, 3.05) is 11.4 Å². The van der Waals surface area contributed by atoms with Crippen LogP contribution in [0.4, 0.5) is 5.82 Å². The Hall–Kier alpha value is -3.51. The van der Waals surface area contributed by atoms with Gasteiger partial charge in [-0.25, -0.2) is 19.9 Å². The van der Waals surface area contributed by atoms with Gasteiger partial charge in [-0.1, -0.05) is 0 Å². The number of anilines is 1. The van der Waals surface area contributed by atoms with Crippen LogP contribution in [0.2, 0.25) is 0 Å². The molecule has 0 bridgehead atoms. The van der Waals surface area contributed by atoms with Gasteiger partial charge in [-0.05, 0) is 19.1 Å². The summed E-state index contributed by atoms with van der Waals surface area (Å²) < 4.78 is 4.41. The van der Waals surface area contributed by atoms with E-state index in [0.29, 0.717) is 18.7 Å². The number of imidazole rings is 2. The highest BCUT2D eigenvalue weighted by atomic mass is 32.1. The topological polar surface area (TPSA) is 88.4 Å². The molecule has 4 aromatic heterocycles. The first kappa shape index (κ1) is 18.5. The van der Waals surface area contributed by atoms with Crippen LogP contribution in [0, 0.1) is 11.3 Å². The molecule has 1 aliphatic rings. The van der Waals surface area contributed by atoms with Gasteiger partial charge in [-0.15, -0.1) is 11.3 Å². The fraction of sp³-hybridized carbons (Fsp3) is 0.286. The van der Waals surface area contributed by atoms with Crippen LogP contribution in [0.3, 0.4) is 0 Å². The van der Waals surface area contributed by atoms with Gasteiger partial charge in [0.15, 0.2) is 10.8 Å². The maximum absolute atomic E-state index is 9.43. The minimum absolute atomic E-state index is 0.600. The van der Waals surface area contributed by atoms with Crippen LogP contribution in [-0.2, 0) is 26.1 Å². The van der Waals surface area contributed by atoms with Crippen LogP contribution < -0.4 is 4.90 Å². The van der Waals surface area contributed by atoms with Crippen molar-refractivity contribution in [2.45, 2.75) is 33.0 Å². The van der Waals surface area contributed by atoms with Crippen molar-refractivity contribution < 1.29 is 0 Å². The zero-order valence-corrected chi connectivity index (χ0v) is 17.4. The Balaban J connectivity index is 1.46. The first-order chi connectivity index (χ1) is 14.8. The SMILES string of the molecule is CCn1c(Cn2ccnc2-c2nccs2)nc2c1CCN(c1ncccc1C#N)C2. The summed E-state index contributed by atoms with van der Waals surface area (Å²) in [6, 6.07) is 5.86. The lowest BCUT2D eigenvalue weighted by atomic mass is 10.1. The highest BCUT2D eigenvalue weighted by Crippen LogP contribution is 2.27. The van der Waals surface area contributed by atoms with Crippen LogP contribution in [0.5, 0.6) is 0 Å². The fourth-order valence-corrected chi connectivity index (χ4v) is 4.68. The highest BCUT2D eigenvalue weighted by Gasteiger charge is 2.26. The molecule has 0 saturated carbocycles. The number of fused-ring (bicyclic) bond motifs is 1. The second-order valence-corrected chi connectivity index (χ2v) is 7.93. The van der Waals surface area contributed by atoms with E-state index in [1.165, 1.54) is 5.69 Å². The van der Waals surface area contributed by atoms with Crippen molar-refractivity contribution in [1.29, 1.82) is 5.26 Å². The number of aromatic nitrogens is 6. The third-order valence-corrected chi connectivity index (χ3v) is 6.14. The Morgan fingerprint density at radius 2 is 2.13 bits per heavy atom. The lowest BCUT2D eigenvalue weighted by Gasteiger charge is -2.28. The molecule has 0 unspecified atom stereocenters. The number of rotatable bonds is 5. The molecule has 0 saturated heterocycles. The number of hydrogen-bond acceptors (Lipinski definition) is 7. The summed E-state index contributed by atoms with van der Waals surface area (Å²) in [5.74, 6) is 2.61. The van der Waals surface area contributed by atoms with E-state index in [0.717, 1.165) is 47.7 Å². The fourth-order valence-electron chi connectivity index (χ4n) is 4.03. The van der Waals surface area contributed by atoms with Gasteiger partial charge in [0.25, 0.3) is 0 Å². The monoisotopic (exact) mass is 416 g/mol. The molecular formula is C21H20N8S. The second kappa shape index (κ2) is 7.72. The van der Waals surface area contributed by atoms with Gasteiger partial charge in [0, 0.05) is 55.4 Å². The molecule has 30 heavy (non-hydrogen) atoms. The Morgan fingerprint density at radius 1 is 1.20 bits per heavy atom. The summed E-state index contributed by atoms with van der Waals surface area (Å²) in [5, 5.41) is 12.3. The smallest absolute Gasteiger partial charge is 0.169 e. The molecule has 0 fully saturated rings. The number of thiazole rings is 1. The summed E-state index contributed by atoms with van der Waals surface area (Å²) in [5.41, 5.74) is 2.93. The van der Waals surface area contributed by atoms with Gasteiger partial charge in [0.1, 0.15) is 17.7 Å². The van der Waals surface area contributed by atoms with Crippen LogP contribution >= 0.6 is 11.3 Å². The molecule has 0 spiro atoms. The average Bonchev–Trinajstić information content (AvgIpc) is 3.52. The van der Waals surface area contributed by atoms with Gasteiger partial charge in [-0.2, -0.15) is 5.26 Å². The molecule has 8 nitrogen and oxygen atoms in total. The summed E-state index contributed by atoms with van der Waals surface area (Å²) in [6.45, 7) is 5.14. The molecule has 1 aliphatic heterocycles. The molecule has 0 amide bonds. The van der Waals surface area contributed by atoms with Gasteiger partial charge in [0.05, 0.1) is 24.3 Å². The van der Waals surface area contributed by atoms with Crippen LogP contribution in [0.15, 0.2) is 42.3 Å². The molecule has 5 rings (SSSR count). The number of nitriles is 1. The number of pyridine rings is 1. The van der Waals surface area contributed by atoms with Crippen molar-refractivity contribution in [3.63, 3.8) is 0 Å². The molecule has 150 valence electrons. The van der Waals surface area contributed by atoms with E-state index >= 15 is 0 Å². The van der Waals surface area contributed by atoms with E-state index in [9.17, 15) is 5.26 Å². The van der Waals surface area contributed by atoms with Crippen molar-refractivity contribution in [1.82, 2.24) is 29.1 Å². The van der Waals surface area contributed by atoms with Crippen LogP contribution in [-0.4, -0.2) is 35.6 Å². The summed E-state index contributed by atoms with van der Waals surface area (Å²) >= 11 is 1.58. The van der Waals surface area contributed by atoms with Crippen LogP contribution in [0.1, 0.15) is 29.7 Å². The molecule has 0 radical (unpaired) electrons. The van der Waals surface area contributed by atoms with Gasteiger partial charge >= 0.3 is 0 Å². The summed E-state index contributed by atoms with van der Waals surface area (Å²) in [6.07, 6.45) is 8.19. The lowest BCUT2D eigenvalue weighted by Crippen LogP contribution is -2.32. The van der Waals surface area contributed by atoms with E-state index in [-0.39, 0.29) is 0 Å². The zero-order chi connectivity index (χ0) is 20.5. The third-order valence-electron chi connectivity index (χ3n) is 5.37. The van der Waals surface area contributed by atoms with E-state index in [1.54, 1.807) is 29.8 Å². The van der Waals surface area contributed by atoms with Crippen LogP contribution in [0.25, 0.3) is 10.8 Å². The Morgan fingerprint density at radius 3 is 2.93 bits per heavy atom. The molecule has 0 aliphatic carbocycles. The number of hydrogen-bond donors (Lipinski definition) is 0. The molecule has 0 atom stereocenters. The van der Waals surface area contributed by atoms with Crippen molar-refractivity contribution in [3.05, 3.63) is 65.1 Å². The third kappa shape index (κ3) is 3.15. The molecule has 0 aromatic carbocycles. The van der Waals surface area contributed by atoms with E-state index < -0.39 is 0 Å². The predicted molar refractivity (Wildman–Crippen MR) is 114 cm³/mol. The average molecular weight is 417 g/mol. The van der Waals surface area contributed by atoms with E-state index in [2.05, 4.69) is 42.0 Å². The van der Waals surface area contributed by atoms with Gasteiger partial charge < -0.3 is 14.0 Å². The zero-order valence-electron chi connectivity index (χ0n) is 16.6. The normalized spacial score (nSPS) is 13.3. The molecule has 5 heterocycles. The Bertz CT molecular complexity index is 1210. The predicted octanol–water partition coefficient (Wildman–Crippen LogP) is 3.10. The first-order valence-electron chi connectivity index (χ1n) is 9.86. The second-order valence-electron chi connectivity index (χ2n) is 7.04. The molecule has 0 N–H and O–H groups in total. The lowest BCUT2D eigenvalue weighted by molar-refractivity contribution is 0.614. The minimum atomic E-state index is 0.600. The number of nitrogens with zero attached hydrogens (tertiary/aromatic N) is 8. The van der Waals surface area contributed by atoms with Crippen molar-refractivity contribution in [3.8, 4) is 16.9 Å². The highest BCUT2D eigenvalue weighted by molar-refractivity contribution is 7.13. The van der Waals surface area contributed by atoms with Crippen molar-refractivity contribution >= 4 is 17.2 Å². The molecule has 4 aromatic rings. The maximum Gasteiger partial charge on any atom is 0.169 e. The molecule has 9 heteroatoms. The maximum atomic E-state index is 9.43. The van der Waals surface area contributed by atoms with E-state index in [4.69, 9.17) is 4.98 Å².